The van der Waals surface area contributed by atoms with E-state index in [0.29, 0.717) is 23.9 Å². The summed E-state index contributed by atoms with van der Waals surface area (Å²) in [6.07, 6.45) is 80.7. The third kappa shape index (κ3) is 66.7. The number of quaternary nitrogens is 1. The van der Waals surface area contributed by atoms with Gasteiger partial charge in [-0.1, -0.05) is 347 Å². The number of carbonyl (C=O) groups is 2. The molecule has 0 fully saturated rings. The molecule has 0 radical (unpaired) electrons. The molecule has 10 heteroatoms. The van der Waals surface area contributed by atoms with Crippen LogP contribution in [0.4, 0.5) is 0 Å². The molecular weight excluding hydrogens is 1070 g/mol. The predicted octanol–water partition coefficient (Wildman–Crippen LogP) is 24.0. The van der Waals surface area contributed by atoms with E-state index in [0.717, 1.165) is 57.8 Å². The van der Waals surface area contributed by atoms with Crippen molar-refractivity contribution in [1.29, 1.82) is 0 Å². The van der Waals surface area contributed by atoms with Crippen LogP contribution in [0.5, 0.6) is 0 Å². The molecule has 0 rings (SSSR count). The first-order valence-electron chi connectivity index (χ1n) is 37.7. The van der Waals surface area contributed by atoms with Crippen molar-refractivity contribution >= 4 is 19.7 Å². The third-order valence-electron chi connectivity index (χ3n) is 17.4. The van der Waals surface area contributed by atoms with Crippen LogP contribution in [0.25, 0.3) is 0 Å². The Hall–Kier alpha value is -1.51. The van der Waals surface area contributed by atoms with Gasteiger partial charge in [0.1, 0.15) is 19.3 Å². The standard InChI is InChI=1S/C75H147N2O7P/c1-7-10-13-16-19-22-25-27-29-31-33-35-36-37-38-39-40-42-44-46-48-50-53-56-59-62-65-68-75(79)84-73(66-63-60-57-54-51-24-21-18-15-12-9-3)72(71-83-85(80,81)82-70-69-77(4,5)6)76-74(78)67-64-61-58-55-52-49-47-45-43-41-34-32-30-28-26-23-20-17-14-11-8-2/h28,30,63,66,72-73H,7-27,29,31-62,64-65,67-71H2,1-6H3,(H-,76,78,80,81)/p+1/b30-28+,66-63-. The van der Waals surface area contributed by atoms with Gasteiger partial charge in [-0.05, 0) is 57.4 Å². The Morgan fingerprint density at radius 2 is 0.682 bits per heavy atom. The number of unbranched alkanes of at least 4 members (excludes halogenated alkanes) is 52. The molecule has 3 unspecified atom stereocenters. The first kappa shape index (κ1) is 83.5. The molecule has 0 aromatic heterocycles. The van der Waals surface area contributed by atoms with Crippen LogP contribution >= 0.6 is 7.82 Å². The van der Waals surface area contributed by atoms with Gasteiger partial charge in [-0.25, -0.2) is 4.57 Å². The number of nitrogens with zero attached hydrogens (tertiary/aromatic N) is 1. The molecule has 0 aliphatic rings. The van der Waals surface area contributed by atoms with Gasteiger partial charge in [0.2, 0.25) is 5.91 Å². The molecule has 0 saturated heterocycles. The van der Waals surface area contributed by atoms with E-state index in [1.165, 1.54) is 302 Å². The van der Waals surface area contributed by atoms with E-state index >= 15 is 0 Å². The van der Waals surface area contributed by atoms with Crippen molar-refractivity contribution in [1.82, 2.24) is 5.32 Å². The van der Waals surface area contributed by atoms with Gasteiger partial charge in [-0.2, -0.15) is 0 Å². The highest BCUT2D eigenvalue weighted by Crippen LogP contribution is 2.43. The fourth-order valence-corrected chi connectivity index (χ4v) is 12.3. The zero-order chi connectivity index (χ0) is 62.1. The topological polar surface area (TPSA) is 111 Å². The van der Waals surface area contributed by atoms with Crippen molar-refractivity contribution in [3.63, 3.8) is 0 Å². The highest BCUT2D eigenvalue weighted by atomic mass is 31.2. The summed E-state index contributed by atoms with van der Waals surface area (Å²) in [5.74, 6) is -0.482. The van der Waals surface area contributed by atoms with Crippen LogP contribution in [0.15, 0.2) is 24.3 Å². The van der Waals surface area contributed by atoms with Crippen molar-refractivity contribution in [2.45, 2.75) is 405 Å². The summed E-state index contributed by atoms with van der Waals surface area (Å²) >= 11 is 0. The fourth-order valence-electron chi connectivity index (χ4n) is 11.6. The van der Waals surface area contributed by atoms with Crippen molar-refractivity contribution in [3.8, 4) is 0 Å². The quantitative estimate of drug-likeness (QED) is 0.0205. The Bertz CT molecular complexity index is 1500. The largest absolute Gasteiger partial charge is 0.472 e. The van der Waals surface area contributed by atoms with Crippen LogP contribution in [-0.2, 0) is 27.9 Å². The maximum absolute atomic E-state index is 13.6. The van der Waals surface area contributed by atoms with Crippen molar-refractivity contribution in [2.24, 2.45) is 0 Å². The summed E-state index contributed by atoms with van der Waals surface area (Å²) in [4.78, 5) is 37.9. The molecular formula is C75H148N2O7P+. The minimum atomic E-state index is -4.45. The number of amides is 1. The number of phosphoric acid groups is 1. The lowest BCUT2D eigenvalue weighted by atomic mass is 10.0. The molecule has 85 heavy (non-hydrogen) atoms. The van der Waals surface area contributed by atoms with Gasteiger partial charge in [0.15, 0.2) is 0 Å². The monoisotopic (exact) mass is 1220 g/mol. The summed E-state index contributed by atoms with van der Waals surface area (Å²) in [5, 5.41) is 3.08. The molecule has 0 aliphatic carbocycles. The number of likely N-dealkylation sites (N-methyl/N-ethyl adjacent to an activating group) is 1. The Morgan fingerprint density at radius 1 is 0.400 bits per heavy atom. The van der Waals surface area contributed by atoms with E-state index in [1.54, 1.807) is 0 Å². The average molecular weight is 1220 g/mol. The number of carbonyl (C=O) groups excluding carboxylic acids is 2. The van der Waals surface area contributed by atoms with Crippen LogP contribution in [0.1, 0.15) is 393 Å². The normalized spacial score (nSPS) is 13.5. The molecule has 0 spiro atoms. The highest BCUT2D eigenvalue weighted by Gasteiger charge is 2.30. The number of hydrogen-bond acceptors (Lipinski definition) is 6. The molecule has 9 nitrogen and oxygen atoms in total. The van der Waals surface area contributed by atoms with Crippen LogP contribution in [0.2, 0.25) is 0 Å². The number of esters is 1. The number of rotatable bonds is 70. The smallest absolute Gasteiger partial charge is 0.456 e. The van der Waals surface area contributed by atoms with Crippen LogP contribution in [0, 0.1) is 0 Å². The third-order valence-corrected chi connectivity index (χ3v) is 18.4. The highest BCUT2D eigenvalue weighted by molar-refractivity contribution is 7.47. The lowest BCUT2D eigenvalue weighted by Crippen LogP contribution is -2.47. The van der Waals surface area contributed by atoms with Gasteiger partial charge in [-0.3, -0.25) is 18.6 Å². The zero-order valence-corrected chi connectivity index (χ0v) is 58.8. The first-order chi connectivity index (χ1) is 41.4. The molecule has 504 valence electrons. The summed E-state index contributed by atoms with van der Waals surface area (Å²) < 4.78 is 30.9. The molecule has 0 aromatic carbocycles. The lowest BCUT2D eigenvalue weighted by Gasteiger charge is -2.27. The van der Waals surface area contributed by atoms with E-state index in [9.17, 15) is 19.0 Å². The van der Waals surface area contributed by atoms with Gasteiger partial charge in [-0.15, -0.1) is 0 Å². The number of allylic oxidation sites excluding steroid dienone is 3. The van der Waals surface area contributed by atoms with Gasteiger partial charge in [0.25, 0.3) is 0 Å². The lowest BCUT2D eigenvalue weighted by molar-refractivity contribution is -0.870. The Balaban J connectivity index is 4.90. The predicted molar refractivity (Wildman–Crippen MR) is 370 cm³/mol. The van der Waals surface area contributed by atoms with Gasteiger partial charge >= 0.3 is 13.8 Å². The second-order valence-electron chi connectivity index (χ2n) is 27.2. The number of phosphoric ester groups is 1. The summed E-state index contributed by atoms with van der Waals surface area (Å²) in [6.45, 7) is 7.08. The summed E-state index contributed by atoms with van der Waals surface area (Å²) in [7, 11) is 1.52. The van der Waals surface area contributed by atoms with Crippen molar-refractivity contribution < 1.29 is 37.3 Å². The van der Waals surface area contributed by atoms with E-state index in [1.807, 2.05) is 33.3 Å². The molecule has 0 heterocycles. The number of nitrogens with one attached hydrogen (secondary N) is 1. The molecule has 0 aliphatic heterocycles. The van der Waals surface area contributed by atoms with Crippen molar-refractivity contribution in [2.75, 3.05) is 40.9 Å². The second-order valence-corrected chi connectivity index (χ2v) is 28.6. The van der Waals surface area contributed by atoms with Gasteiger partial charge in [0, 0.05) is 12.8 Å². The van der Waals surface area contributed by atoms with Gasteiger partial charge < -0.3 is 19.4 Å². The van der Waals surface area contributed by atoms with E-state index < -0.39 is 20.0 Å². The maximum Gasteiger partial charge on any atom is 0.472 e. The molecule has 3 atom stereocenters. The van der Waals surface area contributed by atoms with E-state index in [4.69, 9.17) is 13.8 Å². The van der Waals surface area contributed by atoms with Crippen molar-refractivity contribution in [3.05, 3.63) is 24.3 Å². The Kier molecular flexibility index (Phi) is 64.3. The maximum atomic E-state index is 13.6. The molecule has 1 amide bonds. The van der Waals surface area contributed by atoms with Crippen LogP contribution in [-0.4, -0.2) is 74.3 Å². The average Bonchev–Trinajstić information content (AvgIpc) is 3.57. The fraction of sp³-hybridized carbons (Fsp3) is 0.920. The Labute approximate surface area is 530 Å². The molecule has 0 saturated carbocycles. The van der Waals surface area contributed by atoms with E-state index in [2.05, 4.69) is 38.2 Å². The van der Waals surface area contributed by atoms with E-state index in [-0.39, 0.29) is 25.1 Å². The molecule has 2 N–H and O–H groups in total. The van der Waals surface area contributed by atoms with Gasteiger partial charge in [0.05, 0.1) is 33.8 Å². The SMILES string of the molecule is CCCCCCCC/C=C/CCCCCCCCCCCCCC(=O)NC(COP(=O)(O)OCC[N+](C)(C)C)C(/C=C\CCCCCCCCCCC)OC(=O)CCCCCCCCCCCCCCCCCCCCCCCCCCCCC. The van der Waals surface area contributed by atoms with Crippen LogP contribution < -0.4 is 5.32 Å². The Morgan fingerprint density at radius 3 is 1.00 bits per heavy atom. The second kappa shape index (κ2) is 65.4. The van der Waals surface area contributed by atoms with Crippen LogP contribution in [0.3, 0.4) is 0 Å². The zero-order valence-electron chi connectivity index (χ0n) is 57.9. The number of ether oxygens (including phenoxy) is 1. The number of hydrogen-bond donors (Lipinski definition) is 2. The minimum absolute atomic E-state index is 0.0441. The molecule has 0 aromatic rings. The minimum Gasteiger partial charge on any atom is -0.456 e. The first-order valence-corrected chi connectivity index (χ1v) is 39.2. The summed E-state index contributed by atoms with van der Waals surface area (Å²) in [5.41, 5.74) is 0. The summed E-state index contributed by atoms with van der Waals surface area (Å²) in [6, 6.07) is -0.844. The molecule has 0 bridgehead atoms.